The molecule has 0 saturated heterocycles. The second-order valence-electron chi connectivity index (χ2n) is 10.8. The second kappa shape index (κ2) is 6.88. The Labute approximate surface area is 169 Å². The van der Waals surface area contributed by atoms with Gasteiger partial charge in [0.1, 0.15) is 25.0 Å². The lowest BCUT2D eigenvalue weighted by Gasteiger charge is -2.56. The van der Waals surface area contributed by atoms with Gasteiger partial charge in [-0.2, -0.15) is 0 Å². The van der Waals surface area contributed by atoms with Gasteiger partial charge >= 0.3 is 0 Å². The van der Waals surface area contributed by atoms with Gasteiger partial charge in [0.2, 0.25) is 6.33 Å². The number of aromatic nitrogens is 2. The standard InChI is InChI=1S/C24H36N3O/c1-2-4-22(5-3-1)27-9-8-26(17-27)7-6-21-16-28-23(25-21)24-13-18-10-19(14-24)12-20(11-18)15-24/h8-9,17-22H,1-7,10-16H2/q+1/t18?,19?,20?,21-,24?/m0/s1. The van der Waals surface area contributed by atoms with Gasteiger partial charge in [-0.05, 0) is 82.0 Å². The lowest BCUT2D eigenvalue weighted by molar-refractivity contribution is -0.697. The normalized spacial score (nSPS) is 39.9. The molecule has 4 nitrogen and oxygen atoms in total. The Morgan fingerprint density at radius 1 is 1.04 bits per heavy atom. The molecule has 0 amide bonds. The lowest BCUT2D eigenvalue weighted by Crippen LogP contribution is -2.50. The number of hydrogen-bond donors (Lipinski definition) is 0. The van der Waals surface area contributed by atoms with Crippen LogP contribution in [0.5, 0.6) is 0 Å². The molecule has 1 aliphatic heterocycles. The number of imidazole rings is 1. The molecule has 0 unspecified atom stereocenters. The van der Waals surface area contributed by atoms with Crippen LogP contribution >= 0.6 is 0 Å². The van der Waals surface area contributed by atoms with E-state index in [0.717, 1.165) is 43.4 Å². The maximum absolute atomic E-state index is 6.27. The first-order chi connectivity index (χ1) is 13.8. The SMILES string of the molecule is c1c[n+](CC[C@H]2COC(C34CC5CC(CC(C5)C3)C4)=N2)cn1C1CCCCC1. The van der Waals surface area contributed by atoms with E-state index in [-0.39, 0.29) is 0 Å². The fourth-order valence-corrected chi connectivity index (χ4v) is 7.66. The van der Waals surface area contributed by atoms with Crippen LogP contribution in [0, 0.1) is 23.2 Å². The highest BCUT2D eigenvalue weighted by molar-refractivity contribution is 5.84. The summed E-state index contributed by atoms with van der Waals surface area (Å²) < 4.78 is 11.1. The van der Waals surface area contributed by atoms with Gasteiger partial charge in [0.25, 0.3) is 0 Å². The molecule has 0 spiro atoms. The van der Waals surface area contributed by atoms with Crippen LogP contribution in [0.3, 0.4) is 0 Å². The summed E-state index contributed by atoms with van der Waals surface area (Å²) >= 11 is 0. The summed E-state index contributed by atoms with van der Waals surface area (Å²) in [7, 11) is 0. The molecule has 152 valence electrons. The molecule has 1 aromatic rings. The summed E-state index contributed by atoms with van der Waals surface area (Å²) in [4.78, 5) is 5.16. The van der Waals surface area contributed by atoms with Crippen molar-refractivity contribution in [2.24, 2.45) is 28.2 Å². The van der Waals surface area contributed by atoms with Gasteiger partial charge < -0.3 is 4.74 Å². The van der Waals surface area contributed by atoms with E-state index >= 15 is 0 Å². The quantitative estimate of drug-likeness (QED) is 0.680. The number of hydrogen-bond acceptors (Lipinski definition) is 2. The van der Waals surface area contributed by atoms with E-state index in [4.69, 9.17) is 9.73 Å². The van der Waals surface area contributed by atoms with Crippen LogP contribution in [0.15, 0.2) is 23.7 Å². The van der Waals surface area contributed by atoms with Crippen molar-refractivity contribution < 1.29 is 9.30 Å². The molecule has 5 fully saturated rings. The van der Waals surface area contributed by atoms with Gasteiger partial charge in [0.05, 0.1) is 12.6 Å². The zero-order valence-corrected chi connectivity index (χ0v) is 17.3. The Hall–Kier alpha value is -1.32. The molecule has 0 N–H and O–H groups in total. The summed E-state index contributed by atoms with van der Waals surface area (Å²) in [6, 6.07) is 1.10. The van der Waals surface area contributed by atoms with Crippen molar-refractivity contribution in [3.63, 3.8) is 0 Å². The number of aliphatic imine (C=N–C) groups is 1. The van der Waals surface area contributed by atoms with Crippen molar-refractivity contribution in [1.29, 1.82) is 0 Å². The van der Waals surface area contributed by atoms with E-state index in [9.17, 15) is 0 Å². The largest absolute Gasteiger partial charge is 0.478 e. The molecule has 7 rings (SSSR count). The predicted octanol–water partition coefficient (Wildman–Crippen LogP) is 4.68. The number of rotatable bonds is 5. The third kappa shape index (κ3) is 3.11. The van der Waals surface area contributed by atoms with E-state index in [0.29, 0.717) is 11.5 Å². The van der Waals surface area contributed by atoms with Crippen molar-refractivity contribution in [2.45, 2.75) is 95.7 Å². The first kappa shape index (κ1) is 17.5. The van der Waals surface area contributed by atoms with E-state index in [1.807, 2.05) is 0 Å². The van der Waals surface area contributed by atoms with E-state index in [2.05, 4.69) is 27.9 Å². The minimum atomic E-state index is 0.334. The monoisotopic (exact) mass is 382 g/mol. The van der Waals surface area contributed by atoms with Crippen molar-refractivity contribution in [2.75, 3.05) is 6.61 Å². The molecule has 4 heteroatoms. The molecule has 4 bridgehead atoms. The average Bonchev–Trinajstić information content (AvgIpc) is 3.36. The molecule has 2 heterocycles. The van der Waals surface area contributed by atoms with Gasteiger partial charge in [0.15, 0.2) is 5.90 Å². The number of nitrogens with zero attached hydrogens (tertiary/aromatic N) is 3. The minimum absolute atomic E-state index is 0.334. The van der Waals surface area contributed by atoms with Crippen molar-refractivity contribution in [1.82, 2.24) is 4.57 Å². The molecule has 5 aliphatic carbocycles. The zero-order valence-electron chi connectivity index (χ0n) is 17.3. The van der Waals surface area contributed by atoms with Gasteiger partial charge in [-0.15, -0.1) is 0 Å². The first-order valence-corrected chi connectivity index (χ1v) is 12.0. The van der Waals surface area contributed by atoms with Crippen LogP contribution in [-0.2, 0) is 11.3 Å². The van der Waals surface area contributed by atoms with E-state index in [1.54, 1.807) is 0 Å². The minimum Gasteiger partial charge on any atom is -0.478 e. The molecule has 6 aliphatic rings. The third-order valence-electron chi connectivity index (χ3n) is 8.63. The van der Waals surface area contributed by atoms with Gasteiger partial charge in [0, 0.05) is 11.8 Å². The fraction of sp³-hybridized carbons (Fsp3) is 0.833. The summed E-state index contributed by atoms with van der Waals surface area (Å²) in [5.74, 6) is 4.06. The zero-order chi connectivity index (χ0) is 18.6. The number of ether oxygens (including phenoxy) is 1. The molecule has 0 radical (unpaired) electrons. The maximum atomic E-state index is 6.27. The average molecular weight is 383 g/mol. The third-order valence-corrected chi connectivity index (χ3v) is 8.63. The van der Waals surface area contributed by atoms with Gasteiger partial charge in [-0.3, -0.25) is 0 Å². The van der Waals surface area contributed by atoms with Crippen LogP contribution < -0.4 is 4.57 Å². The molecule has 1 atom stereocenters. The molecule has 1 aromatic heterocycles. The lowest BCUT2D eigenvalue weighted by atomic mass is 9.49. The second-order valence-corrected chi connectivity index (χ2v) is 10.8. The molecular weight excluding hydrogens is 346 g/mol. The van der Waals surface area contributed by atoms with Crippen LogP contribution in [0.1, 0.15) is 83.1 Å². The fourth-order valence-electron chi connectivity index (χ4n) is 7.66. The summed E-state index contributed by atoms with van der Waals surface area (Å²) in [5, 5.41) is 0. The highest BCUT2D eigenvalue weighted by Crippen LogP contribution is 2.61. The highest BCUT2D eigenvalue weighted by atomic mass is 16.5. The number of aryl methyl sites for hydroxylation is 1. The molecule has 28 heavy (non-hydrogen) atoms. The molecular formula is C24H36N3O+. The Bertz CT molecular complexity index is 710. The van der Waals surface area contributed by atoms with Crippen molar-refractivity contribution in [3.8, 4) is 0 Å². The summed E-state index contributed by atoms with van der Waals surface area (Å²) in [6.45, 7) is 1.88. The predicted molar refractivity (Wildman–Crippen MR) is 109 cm³/mol. The summed E-state index contributed by atoms with van der Waals surface area (Å²) in [6.07, 6.45) is 23.5. The Kier molecular flexibility index (Phi) is 4.31. The first-order valence-electron chi connectivity index (χ1n) is 12.0. The van der Waals surface area contributed by atoms with E-state index in [1.165, 1.54) is 76.5 Å². The van der Waals surface area contributed by atoms with Gasteiger partial charge in [-0.1, -0.05) is 6.42 Å². The Balaban J connectivity index is 1.09. The van der Waals surface area contributed by atoms with Crippen LogP contribution in [0.4, 0.5) is 0 Å². The smallest absolute Gasteiger partial charge is 0.243 e. The van der Waals surface area contributed by atoms with Crippen molar-refractivity contribution >= 4 is 5.90 Å². The van der Waals surface area contributed by atoms with Gasteiger partial charge in [-0.25, -0.2) is 14.1 Å². The van der Waals surface area contributed by atoms with Crippen molar-refractivity contribution in [3.05, 3.63) is 18.7 Å². The topological polar surface area (TPSA) is 30.4 Å². The summed E-state index contributed by atoms with van der Waals surface area (Å²) in [5.41, 5.74) is 0.334. The maximum Gasteiger partial charge on any atom is 0.243 e. The van der Waals surface area contributed by atoms with E-state index < -0.39 is 0 Å². The molecule has 0 aromatic carbocycles. The molecule has 5 saturated carbocycles. The Morgan fingerprint density at radius 2 is 1.75 bits per heavy atom. The Morgan fingerprint density at radius 3 is 2.46 bits per heavy atom. The van der Waals surface area contributed by atoms with Crippen LogP contribution in [0.25, 0.3) is 0 Å². The highest BCUT2D eigenvalue weighted by Gasteiger charge is 2.55. The van der Waals surface area contributed by atoms with Crippen LogP contribution in [-0.4, -0.2) is 23.1 Å². The van der Waals surface area contributed by atoms with Crippen LogP contribution in [0.2, 0.25) is 0 Å².